The number of methoxy groups -OCH3 is 1. The van der Waals surface area contributed by atoms with Crippen LogP contribution < -0.4 is 14.8 Å². The van der Waals surface area contributed by atoms with E-state index in [-0.39, 0.29) is 23.2 Å². The van der Waals surface area contributed by atoms with Crippen molar-refractivity contribution < 1.29 is 18.7 Å². The number of benzene rings is 2. The maximum atomic E-state index is 13.7. The first-order valence-corrected chi connectivity index (χ1v) is 7.85. The monoisotopic (exact) mass is 351 g/mol. The number of carbonyl (C=O) groups is 1. The van der Waals surface area contributed by atoms with Crippen molar-refractivity contribution in [3.63, 3.8) is 0 Å². The molecule has 6 heteroatoms. The average Bonchev–Trinajstić information content (AvgIpc) is 2.53. The molecule has 1 N–H and O–H groups in total. The Morgan fingerprint density at radius 2 is 1.96 bits per heavy atom. The lowest BCUT2D eigenvalue weighted by Gasteiger charge is -2.15. The Hall–Kier alpha value is -2.27. The molecule has 1 amide bonds. The minimum Gasteiger partial charge on any atom is -0.493 e. The summed E-state index contributed by atoms with van der Waals surface area (Å²) in [6.07, 6.45) is 0.0253. The molecule has 128 valence electrons. The first-order valence-electron chi connectivity index (χ1n) is 7.47. The Kier molecular flexibility index (Phi) is 6.04. The predicted octanol–water partition coefficient (Wildman–Crippen LogP) is 4.20. The minimum absolute atomic E-state index is 0.0253. The summed E-state index contributed by atoms with van der Waals surface area (Å²) in [5.74, 6) is 0.0448. The molecule has 0 bridgehead atoms. The highest BCUT2D eigenvalue weighted by atomic mass is 35.5. The lowest BCUT2D eigenvalue weighted by molar-refractivity contribution is 0.0947. The van der Waals surface area contributed by atoms with Crippen molar-refractivity contribution in [2.45, 2.75) is 26.5 Å². The van der Waals surface area contributed by atoms with E-state index in [2.05, 4.69) is 5.32 Å². The number of ether oxygens (including phenoxy) is 2. The summed E-state index contributed by atoms with van der Waals surface area (Å²) in [6.45, 7) is 4.09. The van der Waals surface area contributed by atoms with Crippen molar-refractivity contribution in [1.82, 2.24) is 5.32 Å². The largest absolute Gasteiger partial charge is 0.493 e. The summed E-state index contributed by atoms with van der Waals surface area (Å²) in [7, 11) is 1.55. The predicted molar refractivity (Wildman–Crippen MR) is 91.3 cm³/mol. The van der Waals surface area contributed by atoms with Crippen LogP contribution in [0.2, 0.25) is 5.02 Å². The zero-order valence-corrected chi connectivity index (χ0v) is 14.5. The van der Waals surface area contributed by atoms with Crippen molar-refractivity contribution in [3.8, 4) is 11.5 Å². The van der Waals surface area contributed by atoms with Gasteiger partial charge in [-0.2, -0.15) is 0 Å². The molecule has 0 saturated carbocycles. The second kappa shape index (κ2) is 8.02. The number of halogens is 2. The van der Waals surface area contributed by atoms with Crippen LogP contribution in [0, 0.1) is 5.82 Å². The normalized spacial score (nSPS) is 10.6. The fourth-order valence-corrected chi connectivity index (χ4v) is 2.28. The Balaban J connectivity index is 2.07. The fourth-order valence-electron chi connectivity index (χ4n) is 2.12. The number of hydrogen-bond donors (Lipinski definition) is 1. The molecule has 0 radical (unpaired) electrons. The average molecular weight is 352 g/mol. The molecule has 0 heterocycles. The second-order valence-electron chi connectivity index (χ2n) is 5.46. The summed E-state index contributed by atoms with van der Waals surface area (Å²) in [6, 6.07) is 9.31. The molecule has 24 heavy (non-hydrogen) atoms. The van der Waals surface area contributed by atoms with Gasteiger partial charge in [0.2, 0.25) is 0 Å². The van der Waals surface area contributed by atoms with Crippen molar-refractivity contribution in [2.75, 3.05) is 7.11 Å². The zero-order valence-electron chi connectivity index (χ0n) is 13.7. The van der Waals surface area contributed by atoms with E-state index in [1.165, 1.54) is 12.1 Å². The molecule has 0 saturated heterocycles. The van der Waals surface area contributed by atoms with Gasteiger partial charge in [0.1, 0.15) is 5.82 Å². The highest BCUT2D eigenvalue weighted by molar-refractivity contribution is 6.30. The van der Waals surface area contributed by atoms with Crippen LogP contribution >= 0.6 is 11.6 Å². The van der Waals surface area contributed by atoms with Crippen LogP contribution in [0.4, 0.5) is 4.39 Å². The number of nitrogens with one attached hydrogen (secondary N) is 1. The van der Waals surface area contributed by atoms with Gasteiger partial charge in [0.25, 0.3) is 5.91 Å². The van der Waals surface area contributed by atoms with E-state index in [4.69, 9.17) is 21.1 Å². The SMILES string of the molecule is COc1cc(CNC(=O)c2ccc(Cl)cc2F)ccc1OC(C)C. The molecule has 4 nitrogen and oxygen atoms in total. The van der Waals surface area contributed by atoms with Gasteiger partial charge in [0.05, 0.1) is 18.8 Å². The van der Waals surface area contributed by atoms with Crippen LogP contribution in [0.5, 0.6) is 11.5 Å². The van der Waals surface area contributed by atoms with E-state index >= 15 is 0 Å². The molecule has 0 unspecified atom stereocenters. The molecular formula is C18H19ClFNO3. The minimum atomic E-state index is -0.654. The Labute approximate surface area is 145 Å². The highest BCUT2D eigenvalue weighted by Crippen LogP contribution is 2.29. The fraction of sp³-hybridized carbons (Fsp3) is 0.278. The van der Waals surface area contributed by atoms with Gasteiger partial charge in [-0.1, -0.05) is 17.7 Å². The van der Waals surface area contributed by atoms with Gasteiger partial charge in [-0.15, -0.1) is 0 Å². The molecule has 0 aliphatic carbocycles. The highest BCUT2D eigenvalue weighted by Gasteiger charge is 2.13. The number of carbonyl (C=O) groups excluding carboxylic acids is 1. The van der Waals surface area contributed by atoms with Crippen molar-refractivity contribution >= 4 is 17.5 Å². The summed E-state index contributed by atoms with van der Waals surface area (Å²) in [5, 5.41) is 2.91. The molecule has 2 aromatic carbocycles. The van der Waals surface area contributed by atoms with Crippen LogP contribution in [0.1, 0.15) is 29.8 Å². The lowest BCUT2D eigenvalue weighted by atomic mass is 10.1. The van der Waals surface area contributed by atoms with Gasteiger partial charge in [-0.25, -0.2) is 4.39 Å². The number of amides is 1. The van der Waals surface area contributed by atoms with E-state index in [1.807, 2.05) is 19.9 Å². The Bertz CT molecular complexity index is 734. The van der Waals surface area contributed by atoms with Gasteiger partial charge in [-0.05, 0) is 49.7 Å². The molecule has 0 fully saturated rings. The molecule has 0 aliphatic heterocycles. The summed E-state index contributed by atoms with van der Waals surface area (Å²) >= 11 is 5.68. The van der Waals surface area contributed by atoms with Crippen LogP contribution in [0.25, 0.3) is 0 Å². The van der Waals surface area contributed by atoms with Crippen molar-refractivity contribution in [1.29, 1.82) is 0 Å². The lowest BCUT2D eigenvalue weighted by Crippen LogP contribution is -2.23. The standard InChI is InChI=1S/C18H19ClFNO3/c1-11(2)24-16-7-4-12(8-17(16)23-3)10-21-18(22)14-6-5-13(19)9-15(14)20/h4-9,11H,10H2,1-3H3,(H,21,22). The van der Waals surface area contributed by atoms with E-state index in [1.54, 1.807) is 19.2 Å². The molecular weight excluding hydrogens is 333 g/mol. The van der Waals surface area contributed by atoms with Gasteiger partial charge in [0, 0.05) is 11.6 Å². The van der Waals surface area contributed by atoms with Crippen LogP contribution in [-0.2, 0) is 6.54 Å². The van der Waals surface area contributed by atoms with E-state index in [9.17, 15) is 9.18 Å². The van der Waals surface area contributed by atoms with Gasteiger partial charge >= 0.3 is 0 Å². The topological polar surface area (TPSA) is 47.6 Å². The smallest absolute Gasteiger partial charge is 0.254 e. The Morgan fingerprint density at radius 3 is 2.58 bits per heavy atom. The quantitative estimate of drug-likeness (QED) is 0.848. The molecule has 0 spiro atoms. The van der Waals surface area contributed by atoms with Gasteiger partial charge < -0.3 is 14.8 Å². The zero-order chi connectivity index (χ0) is 17.7. The Morgan fingerprint density at radius 1 is 1.21 bits per heavy atom. The molecule has 0 aliphatic rings. The molecule has 0 aromatic heterocycles. The summed E-state index contributed by atoms with van der Waals surface area (Å²) in [4.78, 5) is 12.1. The van der Waals surface area contributed by atoms with E-state index < -0.39 is 11.7 Å². The van der Waals surface area contributed by atoms with Crippen LogP contribution in [-0.4, -0.2) is 19.1 Å². The number of hydrogen-bond acceptors (Lipinski definition) is 3. The molecule has 2 rings (SSSR count). The number of rotatable bonds is 6. The third-order valence-corrected chi connectivity index (χ3v) is 3.45. The van der Waals surface area contributed by atoms with Gasteiger partial charge in [-0.3, -0.25) is 4.79 Å². The third-order valence-electron chi connectivity index (χ3n) is 3.22. The maximum absolute atomic E-state index is 13.7. The van der Waals surface area contributed by atoms with Crippen molar-refractivity contribution in [2.24, 2.45) is 0 Å². The molecule has 2 aromatic rings. The maximum Gasteiger partial charge on any atom is 0.254 e. The first kappa shape index (κ1) is 18.1. The van der Waals surface area contributed by atoms with Crippen molar-refractivity contribution in [3.05, 3.63) is 58.4 Å². The van der Waals surface area contributed by atoms with Crippen LogP contribution in [0.3, 0.4) is 0 Å². The van der Waals surface area contributed by atoms with Crippen LogP contribution in [0.15, 0.2) is 36.4 Å². The molecule has 0 atom stereocenters. The van der Waals surface area contributed by atoms with E-state index in [0.29, 0.717) is 11.5 Å². The summed E-state index contributed by atoms with van der Waals surface area (Å²) < 4.78 is 24.7. The van der Waals surface area contributed by atoms with E-state index in [0.717, 1.165) is 11.6 Å². The first-order chi connectivity index (χ1) is 11.4. The third kappa shape index (κ3) is 4.61. The van der Waals surface area contributed by atoms with Gasteiger partial charge in [0.15, 0.2) is 11.5 Å². The summed E-state index contributed by atoms with van der Waals surface area (Å²) in [5.41, 5.74) is 0.761. The second-order valence-corrected chi connectivity index (χ2v) is 5.90.